The quantitative estimate of drug-likeness (QED) is 0.159. The van der Waals surface area contributed by atoms with Crippen LogP contribution in [0.2, 0.25) is 0 Å². The van der Waals surface area contributed by atoms with Crippen LogP contribution in [0.3, 0.4) is 0 Å². The first-order valence-corrected chi connectivity index (χ1v) is 24.3. The van der Waals surface area contributed by atoms with Crippen LogP contribution in [0.25, 0.3) is 90.6 Å². The van der Waals surface area contributed by atoms with Gasteiger partial charge in [-0.05, 0) is 85.0 Å². The Labute approximate surface area is 412 Å². The van der Waals surface area contributed by atoms with Gasteiger partial charge in [-0.1, -0.05) is 214 Å². The van der Waals surface area contributed by atoms with Gasteiger partial charge in [-0.3, -0.25) is 0 Å². The molecule has 71 heavy (non-hydrogen) atoms. The first kappa shape index (κ1) is 41.0. The van der Waals surface area contributed by atoms with Crippen molar-refractivity contribution in [1.29, 1.82) is 0 Å². The summed E-state index contributed by atoms with van der Waals surface area (Å²) >= 11 is 0. The Morgan fingerprint density at radius 2 is 0.620 bits per heavy atom. The molecule has 11 aromatic rings. The Kier molecular flexibility index (Phi) is 9.27. The second-order valence-corrected chi connectivity index (χ2v) is 19.4. The fraction of sp³-hybridized carbons (Fsp3) is 0.0769. The normalized spacial score (nSPS) is 15.3. The minimum absolute atomic E-state index is 0.0131. The van der Waals surface area contributed by atoms with E-state index in [-0.39, 0.29) is 17.3 Å². The second kappa shape index (κ2) is 16.0. The maximum Gasteiger partial charge on any atom is 0.164 e. The fourth-order valence-corrected chi connectivity index (χ4v) is 11.6. The Morgan fingerprint density at radius 3 is 1.13 bits per heavy atom. The first-order chi connectivity index (χ1) is 34.9. The molecular formula is C65H44N6. The van der Waals surface area contributed by atoms with E-state index in [1.165, 1.54) is 55.6 Å². The van der Waals surface area contributed by atoms with Crippen molar-refractivity contribution >= 4 is 0 Å². The van der Waals surface area contributed by atoms with Crippen LogP contribution in [0.4, 0.5) is 0 Å². The highest BCUT2D eigenvalue weighted by atomic mass is 15.0. The Hall–Kier alpha value is -9.00. The van der Waals surface area contributed by atoms with Gasteiger partial charge in [0.2, 0.25) is 0 Å². The van der Waals surface area contributed by atoms with E-state index in [0.29, 0.717) is 34.9 Å². The van der Waals surface area contributed by atoms with Gasteiger partial charge < -0.3 is 0 Å². The molecule has 0 aliphatic heterocycles. The lowest BCUT2D eigenvalue weighted by Crippen LogP contribution is -2.27. The van der Waals surface area contributed by atoms with Gasteiger partial charge in [0.15, 0.2) is 34.9 Å². The molecule has 334 valence electrons. The summed E-state index contributed by atoms with van der Waals surface area (Å²) in [7, 11) is 0. The Bertz CT molecular complexity index is 3860. The average molecular weight is 909 g/mol. The Morgan fingerprint density at radius 1 is 0.254 bits per heavy atom. The highest BCUT2D eigenvalue weighted by Crippen LogP contribution is 2.57. The number of aromatic nitrogens is 6. The molecule has 6 heteroatoms. The fourth-order valence-electron chi connectivity index (χ4n) is 11.6. The van der Waals surface area contributed by atoms with Gasteiger partial charge in [0.25, 0.3) is 0 Å². The lowest BCUT2D eigenvalue weighted by atomic mass is 9.61. The molecule has 0 saturated heterocycles. The third-order valence-corrected chi connectivity index (χ3v) is 15.0. The number of hydrogen-bond donors (Lipinski definition) is 0. The summed E-state index contributed by atoms with van der Waals surface area (Å²) in [6.45, 7) is 4.66. The van der Waals surface area contributed by atoms with Gasteiger partial charge in [0, 0.05) is 50.6 Å². The second-order valence-electron chi connectivity index (χ2n) is 19.4. The molecule has 2 aromatic heterocycles. The molecular weight excluding hydrogens is 865 g/mol. The topological polar surface area (TPSA) is 77.3 Å². The molecule has 0 N–H and O–H groups in total. The van der Waals surface area contributed by atoms with Crippen molar-refractivity contribution in [2.75, 3.05) is 0 Å². The van der Waals surface area contributed by atoms with Crippen molar-refractivity contribution < 1.29 is 0 Å². The van der Waals surface area contributed by atoms with Crippen molar-refractivity contribution in [3.63, 3.8) is 0 Å². The van der Waals surface area contributed by atoms with E-state index in [2.05, 4.69) is 178 Å². The zero-order valence-electron chi connectivity index (χ0n) is 39.1. The van der Waals surface area contributed by atoms with E-state index < -0.39 is 0 Å². The standard InChI is InChI=1S/C65H44N6/c1-65(2)55-29-17-16-25-46(55)47-33-30-42(38-56(47)65)45-24-12-15-28-52(45)64-70-61(41-22-10-5-11-23-41)69-63(71-64)44-32-35-51-54(37-44)58-49-27-14-13-26-48(49)57(51)53-36-43(31-34-50(53)58)62-67-59(39-18-6-3-7-19-39)66-60(68-62)40-20-8-4-9-21-40/h3-38,57-58H,1-2H3. The van der Waals surface area contributed by atoms with Crippen LogP contribution in [-0.4, -0.2) is 29.9 Å². The molecule has 9 aromatic carbocycles. The first-order valence-electron chi connectivity index (χ1n) is 24.3. The molecule has 2 bridgehead atoms. The smallest absolute Gasteiger partial charge is 0.164 e. The molecule has 4 aliphatic rings. The van der Waals surface area contributed by atoms with E-state index in [9.17, 15) is 0 Å². The monoisotopic (exact) mass is 908 g/mol. The van der Waals surface area contributed by atoms with E-state index in [1.807, 2.05) is 54.6 Å². The highest BCUT2D eigenvalue weighted by Gasteiger charge is 2.42. The molecule has 0 fully saturated rings. The maximum atomic E-state index is 5.38. The number of fused-ring (bicyclic) bond motifs is 3. The number of rotatable bonds is 7. The van der Waals surface area contributed by atoms with Crippen LogP contribution in [0.5, 0.6) is 0 Å². The molecule has 0 spiro atoms. The van der Waals surface area contributed by atoms with Crippen molar-refractivity contribution in [1.82, 2.24) is 29.9 Å². The summed E-state index contributed by atoms with van der Waals surface area (Å²) < 4.78 is 0. The van der Waals surface area contributed by atoms with E-state index >= 15 is 0 Å². The lowest BCUT2D eigenvalue weighted by molar-refractivity contribution is 0.660. The summed E-state index contributed by atoms with van der Waals surface area (Å²) in [6.07, 6.45) is 0. The lowest BCUT2D eigenvalue weighted by Gasteiger charge is -2.42. The number of benzene rings is 9. The van der Waals surface area contributed by atoms with Gasteiger partial charge in [-0.15, -0.1) is 0 Å². The molecule has 0 amide bonds. The van der Waals surface area contributed by atoms with Crippen LogP contribution >= 0.6 is 0 Å². The maximum absolute atomic E-state index is 5.38. The molecule has 2 atom stereocenters. The third kappa shape index (κ3) is 6.63. The van der Waals surface area contributed by atoms with Crippen LogP contribution in [0.1, 0.15) is 70.2 Å². The highest BCUT2D eigenvalue weighted by molar-refractivity contribution is 5.87. The predicted octanol–water partition coefficient (Wildman–Crippen LogP) is 15.0. The number of hydrogen-bond acceptors (Lipinski definition) is 6. The summed E-state index contributed by atoms with van der Waals surface area (Å²) in [6, 6.07) is 77.4. The summed E-state index contributed by atoms with van der Waals surface area (Å²) in [5, 5.41) is 0. The molecule has 6 nitrogen and oxygen atoms in total. The van der Waals surface area contributed by atoms with Crippen LogP contribution in [0, 0.1) is 0 Å². The van der Waals surface area contributed by atoms with Gasteiger partial charge in [0.1, 0.15) is 0 Å². The van der Waals surface area contributed by atoms with Crippen molar-refractivity contribution in [3.05, 3.63) is 263 Å². The summed E-state index contributed by atoms with van der Waals surface area (Å²) in [4.78, 5) is 31.1. The van der Waals surface area contributed by atoms with E-state index in [4.69, 9.17) is 29.9 Å². The zero-order valence-corrected chi connectivity index (χ0v) is 39.1. The molecule has 0 radical (unpaired) electrons. The van der Waals surface area contributed by atoms with Crippen LogP contribution < -0.4 is 0 Å². The largest absolute Gasteiger partial charge is 0.208 e. The third-order valence-electron chi connectivity index (χ3n) is 15.0. The minimum atomic E-state index is -0.125. The minimum Gasteiger partial charge on any atom is -0.208 e. The van der Waals surface area contributed by atoms with Crippen molar-refractivity contribution in [3.8, 4) is 90.6 Å². The summed E-state index contributed by atoms with van der Waals surface area (Å²) in [5.41, 5.74) is 20.9. The van der Waals surface area contributed by atoms with Crippen LogP contribution in [0.15, 0.2) is 218 Å². The molecule has 4 aliphatic carbocycles. The predicted molar refractivity (Wildman–Crippen MR) is 284 cm³/mol. The average Bonchev–Trinajstić information content (AvgIpc) is 3.68. The van der Waals surface area contributed by atoms with Gasteiger partial charge in [-0.25, -0.2) is 29.9 Å². The zero-order chi connectivity index (χ0) is 47.2. The number of nitrogens with zero attached hydrogens (tertiary/aromatic N) is 6. The van der Waals surface area contributed by atoms with Gasteiger partial charge >= 0.3 is 0 Å². The van der Waals surface area contributed by atoms with Gasteiger partial charge in [-0.2, -0.15) is 0 Å². The van der Waals surface area contributed by atoms with E-state index in [1.54, 1.807) is 0 Å². The molecule has 15 rings (SSSR count). The van der Waals surface area contributed by atoms with E-state index in [0.717, 1.165) is 44.5 Å². The van der Waals surface area contributed by atoms with Crippen molar-refractivity contribution in [2.24, 2.45) is 0 Å². The molecule has 2 heterocycles. The van der Waals surface area contributed by atoms with Crippen molar-refractivity contribution in [2.45, 2.75) is 31.1 Å². The van der Waals surface area contributed by atoms with Gasteiger partial charge in [0.05, 0.1) is 0 Å². The molecule has 0 saturated carbocycles. The Balaban J connectivity index is 0.886. The van der Waals surface area contributed by atoms with Crippen LogP contribution in [-0.2, 0) is 5.41 Å². The SMILES string of the molecule is CC1(C)c2ccccc2-c2ccc(-c3ccccc3-c3nc(-c4ccccc4)nc(-c4ccc5c(c4)C4c6ccccc6C5c5cc(-c6nc(-c7ccccc7)nc(-c7ccccc7)n6)ccc54)n3)cc21. The molecule has 2 unspecified atom stereocenters. The summed E-state index contributed by atoms with van der Waals surface area (Å²) in [5.74, 6) is 3.89.